The second kappa shape index (κ2) is 12.0. The minimum atomic E-state index is -0.0609. The Balaban J connectivity index is 0.00000363. The van der Waals surface area contributed by atoms with E-state index >= 15 is 0 Å². The number of likely N-dealkylation sites (N-methyl/N-ethyl adjacent to an activating group) is 1. The molecule has 1 aromatic heterocycles. The quantitative estimate of drug-likeness (QED) is 0.385. The van der Waals surface area contributed by atoms with Crippen molar-refractivity contribution in [2.45, 2.75) is 33.8 Å². The van der Waals surface area contributed by atoms with Crippen molar-refractivity contribution < 1.29 is 14.3 Å². The fourth-order valence-corrected chi connectivity index (χ4v) is 4.32. The number of rotatable bonds is 10. The van der Waals surface area contributed by atoms with Crippen LogP contribution in [0.2, 0.25) is 0 Å². The van der Waals surface area contributed by atoms with Crippen LogP contribution in [0.4, 0.5) is 5.13 Å². The molecule has 6 nitrogen and oxygen atoms in total. The molecule has 1 amide bonds. The maximum Gasteiger partial charge on any atom is 0.260 e. The number of thiazole rings is 1. The Morgan fingerprint density at radius 1 is 1.03 bits per heavy atom. The molecule has 0 aliphatic rings. The van der Waals surface area contributed by atoms with Crippen LogP contribution in [0.25, 0.3) is 10.2 Å². The topological polar surface area (TPSA) is 54.9 Å². The lowest BCUT2D eigenvalue weighted by Crippen LogP contribution is -2.38. The molecule has 32 heavy (non-hydrogen) atoms. The fraction of sp³-hybridized carbons (Fsp3) is 0.417. The van der Waals surface area contributed by atoms with Crippen molar-refractivity contribution in [1.29, 1.82) is 0 Å². The predicted octanol–water partition coefficient (Wildman–Crippen LogP) is 5.50. The number of ether oxygens (including phenoxy) is 2. The number of aromatic nitrogens is 1. The lowest BCUT2D eigenvalue weighted by molar-refractivity contribution is 0.0983. The van der Waals surface area contributed by atoms with Crippen LogP contribution in [0.1, 0.15) is 38.1 Å². The number of methoxy groups -OCH3 is 1. The van der Waals surface area contributed by atoms with Crippen LogP contribution in [0.15, 0.2) is 42.5 Å². The van der Waals surface area contributed by atoms with E-state index < -0.39 is 0 Å². The fourth-order valence-electron chi connectivity index (χ4n) is 3.30. The first-order valence-corrected chi connectivity index (χ1v) is 11.5. The molecule has 0 aliphatic heterocycles. The Kier molecular flexibility index (Phi) is 9.75. The second-order valence-electron chi connectivity index (χ2n) is 7.50. The summed E-state index contributed by atoms with van der Waals surface area (Å²) in [4.78, 5) is 22.3. The van der Waals surface area contributed by atoms with Crippen molar-refractivity contribution in [2.24, 2.45) is 0 Å². The number of hydrogen-bond acceptors (Lipinski definition) is 6. The van der Waals surface area contributed by atoms with Crippen LogP contribution >= 0.6 is 23.7 Å². The highest BCUT2D eigenvalue weighted by Crippen LogP contribution is 2.32. The van der Waals surface area contributed by atoms with Gasteiger partial charge in [0.2, 0.25) is 0 Å². The molecule has 0 saturated carbocycles. The first-order chi connectivity index (χ1) is 14.9. The lowest BCUT2D eigenvalue weighted by Gasteiger charge is -2.24. The summed E-state index contributed by atoms with van der Waals surface area (Å²) in [6.45, 7) is 11.5. The summed E-state index contributed by atoms with van der Waals surface area (Å²) in [5.41, 5.74) is 1.48. The molecule has 0 radical (unpaired) electrons. The standard InChI is InChI=1S/C24H31N3O3S.ClH/c1-6-26(7-2)14-15-27(23(28)18-8-10-19(11-9-18)30-17(3)4)24-25-21-13-12-20(29-5)16-22(21)31-24;/h8-13,16-17H,6-7,14-15H2,1-5H3;1H. The van der Waals surface area contributed by atoms with Crippen molar-refractivity contribution in [3.8, 4) is 11.5 Å². The largest absolute Gasteiger partial charge is 0.497 e. The summed E-state index contributed by atoms with van der Waals surface area (Å²) in [5, 5.41) is 0.697. The molecular formula is C24H32ClN3O3S. The third-order valence-electron chi connectivity index (χ3n) is 5.07. The van der Waals surface area contributed by atoms with Gasteiger partial charge in [0.25, 0.3) is 5.91 Å². The van der Waals surface area contributed by atoms with Gasteiger partial charge in [-0.1, -0.05) is 25.2 Å². The van der Waals surface area contributed by atoms with Gasteiger partial charge in [-0.05, 0) is 69.4 Å². The Morgan fingerprint density at radius 3 is 2.28 bits per heavy atom. The number of hydrogen-bond donors (Lipinski definition) is 0. The van der Waals surface area contributed by atoms with E-state index in [0.717, 1.165) is 41.3 Å². The summed E-state index contributed by atoms with van der Waals surface area (Å²) >= 11 is 1.51. The average molecular weight is 478 g/mol. The highest BCUT2D eigenvalue weighted by atomic mass is 35.5. The van der Waals surface area contributed by atoms with E-state index in [0.29, 0.717) is 17.2 Å². The number of halogens is 1. The number of carbonyl (C=O) groups is 1. The molecule has 0 spiro atoms. The van der Waals surface area contributed by atoms with E-state index in [-0.39, 0.29) is 24.4 Å². The first-order valence-electron chi connectivity index (χ1n) is 10.7. The van der Waals surface area contributed by atoms with Gasteiger partial charge < -0.3 is 14.4 Å². The van der Waals surface area contributed by atoms with E-state index in [9.17, 15) is 4.79 Å². The van der Waals surface area contributed by atoms with E-state index in [1.807, 2.05) is 56.3 Å². The summed E-state index contributed by atoms with van der Waals surface area (Å²) < 4.78 is 12.0. The zero-order valence-corrected chi connectivity index (χ0v) is 21.0. The van der Waals surface area contributed by atoms with Crippen LogP contribution in [-0.4, -0.2) is 55.2 Å². The predicted molar refractivity (Wildman–Crippen MR) is 135 cm³/mol. The maximum atomic E-state index is 13.5. The van der Waals surface area contributed by atoms with Crippen molar-refractivity contribution >= 4 is 45.0 Å². The average Bonchev–Trinajstić information content (AvgIpc) is 3.19. The monoisotopic (exact) mass is 477 g/mol. The molecule has 0 fully saturated rings. The van der Waals surface area contributed by atoms with E-state index in [2.05, 4.69) is 18.7 Å². The molecule has 0 atom stereocenters. The van der Waals surface area contributed by atoms with Gasteiger partial charge in [-0.25, -0.2) is 4.98 Å². The minimum absolute atomic E-state index is 0. The molecule has 0 unspecified atom stereocenters. The van der Waals surface area contributed by atoms with E-state index in [1.54, 1.807) is 12.0 Å². The summed E-state index contributed by atoms with van der Waals surface area (Å²) in [5.74, 6) is 1.48. The Hall–Kier alpha value is -2.35. The number of carbonyl (C=O) groups excluding carboxylic acids is 1. The lowest BCUT2D eigenvalue weighted by atomic mass is 10.2. The molecule has 174 valence electrons. The van der Waals surface area contributed by atoms with Crippen LogP contribution in [0.5, 0.6) is 11.5 Å². The normalized spacial score (nSPS) is 11.0. The second-order valence-corrected chi connectivity index (χ2v) is 8.51. The molecule has 1 heterocycles. The molecule has 0 saturated heterocycles. The van der Waals surface area contributed by atoms with Crippen molar-refractivity contribution in [3.63, 3.8) is 0 Å². The third kappa shape index (κ3) is 6.34. The smallest absolute Gasteiger partial charge is 0.260 e. The van der Waals surface area contributed by atoms with Crippen LogP contribution in [0, 0.1) is 0 Å². The van der Waals surface area contributed by atoms with Crippen LogP contribution in [0.3, 0.4) is 0 Å². The van der Waals surface area contributed by atoms with E-state index in [4.69, 9.17) is 14.5 Å². The SMILES string of the molecule is CCN(CC)CCN(C(=O)c1ccc(OC(C)C)cc1)c1nc2ccc(OC)cc2s1.Cl. The van der Waals surface area contributed by atoms with Crippen LogP contribution < -0.4 is 14.4 Å². The zero-order valence-electron chi connectivity index (χ0n) is 19.3. The highest BCUT2D eigenvalue weighted by Gasteiger charge is 2.22. The van der Waals surface area contributed by atoms with Crippen molar-refractivity contribution in [1.82, 2.24) is 9.88 Å². The van der Waals surface area contributed by atoms with Gasteiger partial charge in [-0.3, -0.25) is 9.69 Å². The molecular weight excluding hydrogens is 446 g/mol. The molecule has 3 aromatic rings. The Bertz CT molecular complexity index is 1000. The highest BCUT2D eigenvalue weighted by molar-refractivity contribution is 7.22. The zero-order chi connectivity index (χ0) is 22.4. The van der Waals surface area contributed by atoms with Gasteiger partial charge in [0.1, 0.15) is 11.5 Å². The number of fused-ring (bicyclic) bond motifs is 1. The molecule has 3 rings (SSSR count). The van der Waals surface area contributed by atoms with Gasteiger partial charge in [0, 0.05) is 18.7 Å². The number of amides is 1. The Labute approximate surface area is 200 Å². The van der Waals surface area contributed by atoms with Crippen LogP contribution in [-0.2, 0) is 0 Å². The number of nitrogens with zero attached hydrogens (tertiary/aromatic N) is 3. The Morgan fingerprint density at radius 2 is 1.69 bits per heavy atom. The number of benzene rings is 2. The van der Waals surface area contributed by atoms with Gasteiger partial charge in [0.05, 0.1) is 23.4 Å². The summed E-state index contributed by atoms with van der Waals surface area (Å²) in [6.07, 6.45) is 0.0897. The van der Waals surface area contributed by atoms with E-state index in [1.165, 1.54) is 11.3 Å². The number of anilines is 1. The van der Waals surface area contributed by atoms with Crippen molar-refractivity contribution in [2.75, 3.05) is 38.2 Å². The van der Waals surface area contributed by atoms with Gasteiger partial charge >= 0.3 is 0 Å². The molecule has 8 heteroatoms. The molecule has 0 bridgehead atoms. The third-order valence-corrected chi connectivity index (χ3v) is 6.11. The summed E-state index contributed by atoms with van der Waals surface area (Å²) in [7, 11) is 1.65. The molecule has 2 aromatic carbocycles. The van der Waals surface area contributed by atoms with Gasteiger partial charge in [0.15, 0.2) is 5.13 Å². The minimum Gasteiger partial charge on any atom is -0.497 e. The molecule has 0 aliphatic carbocycles. The molecule has 0 N–H and O–H groups in total. The van der Waals surface area contributed by atoms with Crippen molar-refractivity contribution in [3.05, 3.63) is 48.0 Å². The summed E-state index contributed by atoms with van der Waals surface area (Å²) in [6, 6.07) is 13.1. The maximum absolute atomic E-state index is 13.5. The van der Waals surface area contributed by atoms with Gasteiger partial charge in [-0.2, -0.15) is 0 Å². The van der Waals surface area contributed by atoms with Gasteiger partial charge in [-0.15, -0.1) is 12.4 Å². The first kappa shape index (κ1) is 25.9.